The van der Waals surface area contributed by atoms with Crippen molar-refractivity contribution < 1.29 is 20.1 Å². The molecule has 0 rings (SSSR count). The largest absolute Gasteiger partial charge is 0.394 e. The number of carbonyl (C=O) groups excluding carboxylic acids is 1. The molecule has 69 heavy (non-hydrogen) atoms. The molecule has 3 unspecified atom stereocenters. The van der Waals surface area contributed by atoms with Crippen LogP contribution in [-0.2, 0) is 4.79 Å². The van der Waals surface area contributed by atoms with Crippen molar-refractivity contribution in [3.63, 3.8) is 0 Å². The molecule has 0 aromatic rings. The Labute approximate surface area is 433 Å². The molecule has 0 aromatic heterocycles. The van der Waals surface area contributed by atoms with Gasteiger partial charge in [0.25, 0.3) is 0 Å². The number of unbranched alkanes of at least 4 members (excludes halogenated alkanes) is 50. The molecule has 1 amide bonds. The second-order valence-electron chi connectivity index (χ2n) is 22.3. The minimum Gasteiger partial charge on any atom is -0.394 e. The third-order valence-electron chi connectivity index (χ3n) is 15.4. The van der Waals surface area contributed by atoms with Gasteiger partial charge in [0.05, 0.1) is 18.8 Å². The van der Waals surface area contributed by atoms with E-state index in [1.54, 1.807) is 0 Å². The van der Waals surface area contributed by atoms with E-state index in [-0.39, 0.29) is 12.5 Å². The highest BCUT2D eigenvalue weighted by Gasteiger charge is 2.26. The van der Waals surface area contributed by atoms with E-state index in [0.29, 0.717) is 12.8 Å². The van der Waals surface area contributed by atoms with E-state index in [2.05, 4.69) is 31.3 Å². The van der Waals surface area contributed by atoms with Crippen molar-refractivity contribution in [1.29, 1.82) is 0 Å². The van der Waals surface area contributed by atoms with E-state index in [1.165, 1.54) is 302 Å². The van der Waals surface area contributed by atoms with Crippen LogP contribution in [0.5, 0.6) is 0 Å². The summed E-state index contributed by atoms with van der Waals surface area (Å²) in [6.45, 7) is 4.21. The van der Waals surface area contributed by atoms with Gasteiger partial charge in [-0.15, -0.1) is 0 Å². The van der Waals surface area contributed by atoms with E-state index < -0.39 is 18.2 Å². The first-order chi connectivity index (χ1) is 34.1. The van der Waals surface area contributed by atoms with Crippen molar-refractivity contribution in [2.24, 2.45) is 0 Å². The van der Waals surface area contributed by atoms with Gasteiger partial charge >= 0.3 is 0 Å². The number of allylic oxidation sites excluding steroid dienone is 2. The van der Waals surface area contributed by atoms with Crippen LogP contribution in [0.4, 0.5) is 0 Å². The number of nitrogens with one attached hydrogen (secondary N) is 1. The molecule has 5 heteroatoms. The first kappa shape index (κ1) is 68.1. The van der Waals surface area contributed by atoms with Gasteiger partial charge in [-0.25, -0.2) is 0 Å². The molecule has 0 spiro atoms. The predicted octanol–water partition coefficient (Wildman–Crippen LogP) is 20.2. The Morgan fingerprint density at radius 2 is 0.580 bits per heavy atom. The van der Waals surface area contributed by atoms with Gasteiger partial charge in [-0.3, -0.25) is 4.79 Å². The lowest BCUT2D eigenvalue weighted by Gasteiger charge is -2.26. The number of hydrogen-bond acceptors (Lipinski definition) is 4. The van der Waals surface area contributed by atoms with E-state index in [9.17, 15) is 20.1 Å². The summed E-state index contributed by atoms with van der Waals surface area (Å²) in [6.07, 6.45) is 75.6. The van der Waals surface area contributed by atoms with Gasteiger partial charge < -0.3 is 20.6 Å². The molecule has 0 aliphatic rings. The van der Waals surface area contributed by atoms with Gasteiger partial charge in [0, 0.05) is 6.42 Å². The summed E-state index contributed by atoms with van der Waals surface area (Å²) in [5, 5.41) is 33.8. The zero-order valence-electron chi connectivity index (χ0n) is 47.2. The van der Waals surface area contributed by atoms with Gasteiger partial charge in [0.2, 0.25) is 5.91 Å². The first-order valence-corrected chi connectivity index (χ1v) is 32.0. The second-order valence-corrected chi connectivity index (χ2v) is 22.3. The Hall–Kier alpha value is -0.910. The van der Waals surface area contributed by atoms with E-state index in [0.717, 1.165) is 38.5 Å². The zero-order valence-corrected chi connectivity index (χ0v) is 47.2. The Morgan fingerprint density at radius 3 is 0.841 bits per heavy atom. The van der Waals surface area contributed by atoms with Crippen LogP contribution in [0, 0.1) is 0 Å². The van der Waals surface area contributed by atoms with Crippen molar-refractivity contribution in [1.82, 2.24) is 5.32 Å². The topological polar surface area (TPSA) is 89.8 Å². The molecule has 3 atom stereocenters. The first-order valence-electron chi connectivity index (χ1n) is 32.0. The van der Waals surface area contributed by atoms with Crippen LogP contribution in [0.3, 0.4) is 0 Å². The molecular weight excluding hydrogens is 847 g/mol. The highest BCUT2D eigenvalue weighted by Crippen LogP contribution is 2.19. The molecule has 0 saturated heterocycles. The maximum Gasteiger partial charge on any atom is 0.220 e. The highest BCUT2D eigenvalue weighted by molar-refractivity contribution is 5.76. The Morgan fingerprint density at radius 1 is 0.348 bits per heavy atom. The smallest absolute Gasteiger partial charge is 0.220 e. The van der Waals surface area contributed by atoms with Crippen molar-refractivity contribution >= 4 is 5.91 Å². The lowest BCUT2D eigenvalue weighted by molar-refractivity contribution is -0.124. The van der Waals surface area contributed by atoms with Crippen molar-refractivity contribution in [3.05, 3.63) is 12.2 Å². The minimum absolute atomic E-state index is 0.146. The Bertz CT molecular complexity index is 987. The van der Waals surface area contributed by atoms with Gasteiger partial charge in [-0.1, -0.05) is 334 Å². The molecular formula is C64H127NO4. The molecule has 0 bridgehead atoms. The summed E-state index contributed by atoms with van der Waals surface area (Å²) < 4.78 is 0. The second kappa shape index (κ2) is 59.7. The average Bonchev–Trinajstić information content (AvgIpc) is 3.35. The van der Waals surface area contributed by atoms with Crippen LogP contribution in [0.15, 0.2) is 12.2 Å². The molecule has 412 valence electrons. The number of amides is 1. The molecule has 5 nitrogen and oxygen atoms in total. The third-order valence-corrected chi connectivity index (χ3v) is 15.4. The molecule has 4 N–H and O–H groups in total. The van der Waals surface area contributed by atoms with Crippen LogP contribution in [0.1, 0.15) is 367 Å². The van der Waals surface area contributed by atoms with Crippen LogP contribution in [-0.4, -0.2) is 46.1 Å². The summed E-state index contributed by atoms with van der Waals surface area (Å²) >= 11 is 0. The van der Waals surface area contributed by atoms with Crippen LogP contribution >= 0.6 is 0 Å². The summed E-state index contributed by atoms with van der Waals surface area (Å²) in [7, 11) is 0. The number of carbonyl (C=O) groups is 1. The van der Waals surface area contributed by atoms with E-state index >= 15 is 0 Å². The SMILES string of the molecule is CCCCCCCCCCCCCCC/C=C/CCCC(O)C(O)C(CO)NC(=O)CCCCCCCCCCCCCCCCCCCCCCCCCCCCCCCCCCCCCCC. The summed E-state index contributed by atoms with van der Waals surface area (Å²) in [6, 6.07) is -0.823. The maximum absolute atomic E-state index is 12.5. The fourth-order valence-corrected chi connectivity index (χ4v) is 10.5. The number of hydrogen-bond donors (Lipinski definition) is 4. The highest BCUT2D eigenvalue weighted by atomic mass is 16.3. The Kier molecular flexibility index (Phi) is 58.9. The fourth-order valence-electron chi connectivity index (χ4n) is 10.5. The fraction of sp³-hybridized carbons (Fsp3) is 0.953. The van der Waals surface area contributed by atoms with Crippen LogP contribution in [0.25, 0.3) is 0 Å². The molecule has 0 aliphatic carbocycles. The summed E-state index contributed by atoms with van der Waals surface area (Å²) in [5.41, 5.74) is 0. The number of rotatable bonds is 60. The normalized spacial score (nSPS) is 13.2. The molecule has 0 fully saturated rings. The molecule has 0 aliphatic heterocycles. The molecule has 0 radical (unpaired) electrons. The quantitative estimate of drug-likeness (QED) is 0.0361. The lowest BCUT2D eigenvalue weighted by Crippen LogP contribution is -2.50. The zero-order chi connectivity index (χ0) is 50.0. The number of aliphatic hydroxyl groups excluding tert-OH is 3. The minimum atomic E-state index is -1.16. The van der Waals surface area contributed by atoms with Crippen LogP contribution < -0.4 is 5.32 Å². The summed E-state index contributed by atoms with van der Waals surface area (Å²) in [5.74, 6) is -0.146. The van der Waals surface area contributed by atoms with Crippen molar-refractivity contribution in [2.75, 3.05) is 6.61 Å². The standard InChI is InChI=1S/C64H127NO4/c1-3-5-7-9-11-13-15-17-19-21-23-24-25-26-27-28-29-30-31-32-33-34-35-36-37-38-39-40-41-43-45-47-49-51-53-55-57-59-63(68)65-61(60-66)64(69)62(67)58-56-54-52-50-48-46-44-42-22-20-18-16-14-12-10-8-6-4-2/h50,52,61-62,64,66-67,69H,3-49,51,53-60H2,1-2H3,(H,65,68)/b52-50+. The van der Waals surface area contributed by atoms with Crippen molar-refractivity contribution in [3.8, 4) is 0 Å². The van der Waals surface area contributed by atoms with E-state index in [4.69, 9.17) is 0 Å². The lowest BCUT2D eigenvalue weighted by atomic mass is 10.0. The Balaban J connectivity index is 3.43. The third kappa shape index (κ3) is 54.7. The van der Waals surface area contributed by atoms with E-state index in [1.807, 2.05) is 0 Å². The maximum atomic E-state index is 12.5. The molecule has 0 aromatic carbocycles. The van der Waals surface area contributed by atoms with Gasteiger partial charge in [-0.2, -0.15) is 0 Å². The monoisotopic (exact) mass is 974 g/mol. The average molecular weight is 975 g/mol. The van der Waals surface area contributed by atoms with Gasteiger partial charge in [0.1, 0.15) is 6.10 Å². The van der Waals surface area contributed by atoms with Crippen LogP contribution in [0.2, 0.25) is 0 Å². The van der Waals surface area contributed by atoms with Gasteiger partial charge in [0.15, 0.2) is 0 Å². The predicted molar refractivity (Wildman–Crippen MR) is 305 cm³/mol. The number of aliphatic hydroxyl groups is 3. The van der Waals surface area contributed by atoms with Crippen molar-refractivity contribution in [2.45, 2.75) is 385 Å². The molecule has 0 heterocycles. The molecule has 0 saturated carbocycles. The van der Waals surface area contributed by atoms with Gasteiger partial charge in [-0.05, 0) is 38.5 Å². The summed E-state index contributed by atoms with van der Waals surface area (Å²) in [4.78, 5) is 12.5.